The molecule has 0 unspecified atom stereocenters. The fourth-order valence-electron chi connectivity index (χ4n) is 0.648. The van der Waals surface area contributed by atoms with Gasteiger partial charge in [-0.2, -0.15) is 0 Å². The lowest BCUT2D eigenvalue weighted by atomic mass is 10.3. The molecule has 0 radical (unpaired) electrons. The number of esters is 2. The average molecular weight is 198 g/mol. The predicted molar refractivity (Wildman–Crippen MR) is 41.7 cm³/mol. The number of carboxylic acids is 1. The molecular formula is C8H6O6. The van der Waals surface area contributed by atoms with Gasteiger partial charge < -0.3 is 14.6 Å². The van der Waals surface area contributed by atoms with Gasteiger partial charge in [0.25, 0.3) is 0 Å². The minimum Gasteiger partial charge on any atom is -0.478 e. The zero-order chi connectivity index (χ0) is 10.7. The van der Waals surface area contributed by atoms with Crippen LogP contribution in [0.25, 0.3) is 0 Å². The van der Waals surface area contributed by atoms with Gasteiger partial charge in [0.15, 0.2) is 0 Å². The van der Waals surface area contributed by atoms with E-state index < -0.39 is 23.9 Å². The van der Waals surface area contributed by atoms with E-state index in [4.69, 9.17) is 5.11 Å². The van der Waals surface area contributed by atoms with Crippen LogP contribution in [0.15, 0.2) is 23.7 Å². The van der Waals surface area contributed by atoms with Crippen molar-refractivity contribution in [1.82, 2.24) is 0 Å². The van der Waals surface area contributed by atoms with Gasteiger partial charge in [-0.25, -0.2) is 14.4 Å². The Hall–Kier alpha value is -2.11. The number of rotatable bonds is 1. The van der Waals surface area contributed by atoms with Gasteiger partial charge >= 0.3 is 23.9 Å². The first-order valence-corrected chi connectivity index (χ1v) is 3.56. The van der Waals surface area contributed by atoms with Crippen molar-refractivity contribution in [2.75, 3.05) is 0 Å². The van der Waals surface area contributed by atoms with Gasteiger partial charge in [-0.3, -0.25) is 0 Å². The van der Waals surface area contributed by atoms with Crippen LogP contribution in [-0.4, -0.2) is 23.0 Å². The van der Waals surface area contributed by atoms with Crippen LogP contribution in [0.1, 0.15) is 6.92 Å². The van der Waals surface area contributed by atoms with Crippen molar-refractivity contribution in [2.45, 2.75) is 6.92 Å². The second-order valence-corrected chi connectivity index (χ2v) is 2.39. The third-order valence-corrected chi connectivity index (χ3v) is 1.37. The molecule has 0 atom stereocenters. The average Bonchev–Trinajstić information content (AvgIpc) is 2.27. The molecule has 0 aromatic rings. The standard InChI is InChI=1S/C8H6O6/c1-4(7(11)12)8-13-5(9)2-3-6(10)14-8/h2-3H,1H3,(H,11,12). The first-order chi connectivity index (χ1) is 6.50. The number of carboxylic acid groups (broad SMARTS) is 1. The topological polar surface area (TPSA) is 89.9 Å². The fourth-order valence-corrected chi connectivity index (χ4v) is 0.648. The van der Waals surface area contributed by atoms with Gasteiger partial charge in [-0.1, -0.05) is 0 Å². The number of aliphatic carboxylic acids is 1. The maximum atomic E-state index is 10.8. The Morgan fingerprint density at radius 1 is 1.21 bits per heavy atom. The molecule has 6 nitrogen and oxygen atoms in total. The second-order valence-electron chi connectivity index (χ2n) is 2.39. The Labute approximate surface area is 78.4 Å². The Morgan fingerprint density at radius 3 is 2.00 bits per heavy atom. The number of ether oxygens (including phenoxy) is 2. The van der Waals surface area contributed by atoms with E-state index in [-0.39, 0.29) is 5.57 Å². The van der Waals surface area contributed by atoms with Crippen molar-refractivity contribution >= 4 is 17.9 Å². The molecular weight excluding hydrogens is 192 g/mol. The molecule has 6 heteroatoms. The summed E-state index contributed by atoms with van der Waals surface area (Å²) in [5.41, 5.74) is -0.351. The number of hydrogen-bond donors (Lipinski definition) is 1. The largest absolute Gasteiger partial charge is 0.478 e. The molecule has 0 aromatic carbocycles. The minimum atomic E-state index is -1.33. The van der Waals surface area contributed by atoms with E-state index >= 15 is 0 Å². The summed E-state index contributed by atoms with van der Waals surface area (Å²) in [7, 11) is 0. The molecule has 0 bridgehead atoms. The van der Waals surface area contributed by atoms with E-state index in [0.29, 0.717) is 0 Å². The number of carbonyl (C=O) groups excluding carboxylic acids is 2. The van der Waals surface area contributed by atoms with E-state index in [1.165, 1.54) is 0 Å². The predicted octanol–water partition coefficient (Wildman–Crippen LogP) is -0.0413. The summed E-state index contributed by atoms with van der Waals surface area (Å²) in [5.74, 6) is -3.64. The van der Waals surface area contributed by atoms with Gasteiger partial charge in [0.05, 0.1) is 0 Å². The van der Waals surface area contributed by atoms with E-state index in [1.54, 1.807) is 0 Å². The highest BCUT2D eigenvalue weighted by Crippen LogP contribution is 2.12. The Morgan fingerprint density at radius 2 is 1.64 bits per heavy atom. The molecule has 0 aliphatic carbocycles. The van der Waals surface area contributed by atoms with Crippen LogP contribution in [0.5, 0.6) is 0 Å². The zero-order valence-corrected chi connectivity index (χ0v) is 7.14. The van der Waals surface area contributed by atoms with Gasteiger partial charge in [-0.15, -0.1) is 0 Å². The van der Waals surface area contributed by atoms with E-state index in [0.717, 1.165) is 19.1 Å². The summed E-state index contributed by atoms with van der Waals surface area (Å²) in [6.45, 7) is 1.16. The lowest BCUT2D eigenvalue weighted by Gasteiger charge is -2.04. The van der Waals surface area contributed by atoms with E-state index in [2.05, 4.69) is 9.47 Å². The summed E-state index contributed by atoms with van der Waals surface area (Å²) >= 11 is 0. The normalized spacial score (nSPS) is 15.6. The third kappa shape index (κ3) is 2.19. The second kappa shape index (κ2) is 3.73. The molecule has 1 aliphatic rings. The van der Waals surface area contributed by atoms with Crippen LogP contribution >= 0.6 is 0 Å². The molecule has 0 spiro atoms. The maximum Gasteiger partial charge on any atom is 0.338 e. The molecule has 74 valence electrons. The number of carbonyl (C=O) groups is 3. The molecule has 1 heterocycles. The highest BCUT2D eigenvalue weighted by atomic mass is 16.7. The Balaban J connectivity index is 3.03. The first-order valence-electron chi connectivity index (χ1n) is 3.56. The van der Waals surface area contributed by atoms with Crippen LogP contribution in [0, 0.1) is 0 Å². The quantitative estimate of drug-likeness (QED) is 0.469. The lowest BCUT2D eigenvalue weighted by molar-refractivity contribution is -0.146. The smallest absolute Gasteiger partial charge is 0.338 e. The monoisotopic (exact) mass is 198 g/mol. The highest BCUT2D eigenvalue weighted by Gasteiger charge is 2.20. The molecule has 0 saturated heterocycles. The van der Waals surface area contributed by atoms with Gasteiger partial charge in [-0.05, 0) is 6.92 Å². The van der Waals surface area contributed by atoms with Crippen LogP contribution in [0.3, 0.4) is 0 Å². The summed E-state index contributed by atoms with van der Waals surface area (Å²) in [4.78, 5) is 32.1. The van der Waals surface area contributed by atoms with Crippen LogP contribution in [0.4, 0.5) is 0 Å². The van der Waals surface area contributed by atoms with Gasteiger partial charge in [0, 0.05) is 12.2 Å². The molecule has 0 saturated carbocycles. The molecule has 1 N–H and O–H groups in total. The Kier molecular flexibility index (Phi) is 2.66. The molecule has 1 rings (SSSR count). The molecule has 1 aliphatic heterocycles. The zero-order valence-electron chi connectivity index (χ0n) is 7.14. The number of cyclic esters (lactones) is 2. The number of hydrogen-bond acceptors (Lipinski definition) is 5. The van der Waals surface area contributed by atoms with Crippen molar-refractivity contribution in [3.05, 3.63) is 23.7 Å². The molecule has 14 heavy (non-hydrogen) atoms. The molecule has 0 fully saturated rings. The van der Waals surface area contributed by atoms with Gasteiger partial charge in [0.1, 0.15) is 5.57 Å². The molecule has 0 amide bonds. The van der Waals surface area contributed by atoms with Gasteiger partial charge in [0.2, 0.25) is 0 Å². The van der Waals surface area contributed by atoms with Crippen LogP contribution < -0.4 is 0 Å². The van der Waals surface area contributed by atoms with Crippen molar-refractivity contribution in [2.24, 2.45) is 0 Å². The summed E-state index contributed by atoms with van der Waals surface area (Å²) in [5, 5.41) is 8.54. The first kappa shape index (κ1) is 9.97. The molecule has 0 aromatic heterocycles. The van der Waals surface area contributed by atoms with Crippen LogP contribution in [-0.2, 0) is 23.9 Å². The minimum absolute atomic E-state index is 0.351. The maximum absolute atomic E-state index is 10.8. The summed E-state index contributed by atoms with van der Waals surface area (Å²) < 4.78 is 8.87. The van der Waals surface area contributed by atoms with E-state index in [9.17, 15) is 14.4 Å². The highest BCUT2D eigenvalue weighted by molar-refractivity contribution is 5.95. The van der Waals surface area contributed by atoms with Crippen molar-refractivity contribution in [1.29, 1.82) is 0 Å². The van der Waals surface area contributed by atoms with Crippen LogP contribution in [0.2, 0.25) is 0 Å². The lowest BCUT2D eigenvalue weighted by Crippen LogP contribution is -2.10. The van der Waals surface area contributed by atoms with Crippen molar-refractivity contribution in [3.8, 4) is 0 Å². The fraction of sp³-hybridized carbons (Fsp3) is 0.125. The SMILES string of the molecule is CC(C(=O)O)=C1OC(=O)C=CC(=O)O1. The Bertz CT molecular complexity index is 340. The van der Waals surface area contributed by atoms with Crippen molar-refractivity contribution in [3.63, 3.8) is 0 Å². The summed E-state index contributed by atoms with van der Waals surface area (Å²) in [6, 6.07) is 0. The van der Waals surface area contributed by atoms with E-state index in [1.807, 2.05) is 0 Å². The third-order valence-electron chi connectivity index (χ3n) is 1.37. The van der Waals surface area contributed by atoms with Crippen molar-refractivity contribution < 1.29 is 29.0 Å². The summed E-state index contributed by atoms with van der Waals surface area (Å²) in [6.07, 6.45) is 1.70.